The monoisotopic (exact) mass is 461 g/mol. The lowest BCUT2D eigenvalue weighted by Crippen LogP contribution is -2.28. The molecule has 2 amide bonds. The molecule has 2 aromatic carbocycles. The second-order valence-electron chi connectivity index (χ2n) is 7.34. The predicted octanol–water partition coefficient (Wildman–Crippen LogP) is 1.46. The van der Waals surface area contributed by atoms with Crippen LogP contribution in [-0.4, -0.2) is 53.3 Å². The highest BCUT2D eigenvalue weighted by Crippen LogP contribution is 2.31. The molecule has 0 fully saturated rings. The molecule has 0 bridgehead atoms. The molecule has 0 spiro atoms. The maximum absolute atomic E-state index is 12.6. The number of nitrogens with zero attached hydrogens (tertiary/aromatic N) is 1. The number of nitrogens with one attached hydrogen (secondary N) is 2. The van der Waals surface area contributed by atoms with Crippen molar-refractivity contribution in [3.63, 3.8) is 0 Å². The average Bonchev–Trinajstić information content (AvgIpc) is 3.20. The second kappa shape index (κ2) is 9.90. The maximum Gasteiger partial charge on any atom is 0.257 e. The van der Waals surface area contributed by atoms with E-state index in [4.69, 9.17) is 9.47 Å². The maximum atomic E-state index is 12.6. The molecule has 32 heavy (non-hydrogen) atoms. The van der Waals surface area contributed by atoms with Gasteiger partial charge in [0.25, 0.3) is 11.8 Å². The first-order valence-corrected chi connectivity index (χ1v) is 12.0. The number of benzene rings is 2. The molecule has 0 atom stereocenters. The van der Waals surface area contributed by atoms with Gasteiger partial charge in [-0.15, -0.1) is 0 Å². The SMILES string of the molecule is CCNC(=O)COc1ccc(CNC(=O)c2ccc3c(c2)CCN3S(C)(=O)=O)cc1OC. The summed E-state index contributed by atoms with van der Waals surface area (Å²) in [5, 5.41) is 5.51. The van der Waals surface area contributed by atoms with Crippen LogP contribution in [0, 0.1) is 0 Å². The first kappa shape index (κ1) is 23.4. The third-order valence-electron chi connectivity index (χ3n) is 5.01. The van der Waals surface area contributed by atoms with E-state index in [0.717, 1.165) is 11.1 Å². The van der Waals surface area contributed by atoms with Gasteiger partial charge >= 0.3 is 0 Å². The average molecular weight is 462 g/mol. The number of methoxy groups -OCH3 is 1. The molecule has 172 valence electrons. The van der Waals surface area contributed by atoms with Crippen LogP contribution >= 0.6 is 0 Å². The number of amides is 2. The predicted molar refractivity (Wildman–Crippen MR) is 121 cm³/mol. The number of rotatable bonds is 9. The van der Waals surface area contributed by atoms with Crippen LogP contribution in [0.15, 0.2) is 36.4 Å². The lowest BCUT2D eigenvalue weighted by atomic mass is 10.1. The fourth-order valence-corrected chi connectivity index (χ4v) is 4.43. The summed E-state index contributed by atoms with van der Waals surface area (Å²) in [6.07, 6.45) is 1.74. The Morgan fingerprint density at radius 2 is 1.88 bits per heavy atom. The van der Waals surface area contributed by atoms with Crippen LogP contribution < -0.4 is 24.4 Å². The van der Waals surface area contributed by atoms with Crippen LogP contribution in [0.4, 0.5) is 5.69 Å². The van der Waals surface area contributed by atoms with Gasteiger partial charge in [0, 0.05) is 25.2 Å². The molecule has 2 N–H and O–H groups in total. The molecule has 1 heterocycles. The molecule has 2 aromatic rings. The van der Waals surface area contributed by atoms with Gasteiger partial charge < -0.3 is 20.1 Å². The van der Waals surface area contributed by atoms with E-state index in [1.54, 1.807) is 36.4 Å². The molecule has 0 aromatic heterocycles. The van der Waals surface area contributed by atoms with E-state index in [2.05, 4.69) is 10.6 Å². The minimum Gasteiger partial charge on any atom is -0.493 e. The van der Waals surface area contributed by atoms with Crippen LogP contribution in [0.1, 0.15) is 28.4 Å². The molecule has 10 heteroatoms. The summed E-state index contributed by atoms with van der Waals surface area (Å²) in [5.74, 6) is 0.406. The van der Waals surface area contributed by atoms with Gasteiger partial charge in [-0.2, -0.15) is 0 Å². The van der Waals surface area contributed by atoms with Gasteiger partial charge in [-0.1, -0.05) is 6.07 Å². The Kier molecular flexibility index (Phi) is 7.24. The van der Waals surface area contributed by atoms with E-state index in [0.29, 0.717) is 42.3 Å². The molecule has 0 radical (unpaired) electrons. The molecule has 0 aliphatic carbocycles. The molecular formula is C22H27N3O6S. The van der Waals surface area contributed by atoms with E-state index >= 15 is 0 Å². The Balaban J connectivity index is 1.63. The molecular weight excluding hydrogens is 434 g/mol. The van der Waals surface area contributed by atoms with Gasteiger partial charge in [0.2, 0.25) is 10.0 Å². The smallest absolute Gasteiger partial charge is 0.257 e. The summed E-state index contributed by atoms with van der Waals surface area (Å²) in [6, 6.07) is 10.2. The third-order valence-corrected chi connectivity index (χ3v) is 6.19. The van der Waals surface area contributed by atoms with Crippen molar-refractivity contribution in [2.75, 3.05) is 37.4 Å². The largest absolute Gasteiger partial charge is 0.493 e. The summed E-state index contributed by atoms with van der Waals surface area (Å²) >= 11 is 0. The third kappa shape index (κ3) is 5.50. The second-order valence-corrected chi connectivity index (χ2v) is 9.25. The van der Waals surface area contributed by atoms with Crippen LogP contribution in [0.25, 0.3) is 0 Å². The van der Waals surface area contributed by atoms with Gasteiger partial charge in [0.15, 0.2) is 18.1 Å². The number of carbonyl (C=O) groups excluding carboxylic acids is 2. The van der Waals surface area contributed by atoms with Crippen LogP contribution in [0.2, 0.25) is 0 Å². The van der Waals surface area contributed by atoms with Crippen LogP contribution in [0.5, 0.6) is 11.5 Å². The molecule has 1 aliphatic heterocycles. The van der Waals surface area contributed by atoms with E-state index in [-0.39, 0.29) is 25.0 Å². The zero-order valence-electron chi connectivity index (χ0n) is 18.3. The van der Waals surface area contributed by atoms with Crippen molar-refractivity contribution in [3.05, 3.63) is 53.1 Å². The quantitative estimate of drug-likeness (QED) is 0.585. The minimum atomic E-state index is -3.33. The van der Waals surface area contributed by atoms with E-state index in [1.165, 1.54) is 17.7 Å². The molecule has 3 rings (SSSR count). The number of hydrogen-bond donors (Lipinski definition) is 2. The number of sulfonamides is 1. The number of fused-ring (bicyclic) bond motifs is 1. The first-order valence-electron chi connectivity index (χ1n) is 10.2. The number of likely N-dealkylation sites (N-methyl/N-ethyl adjacent to an activating group) is 1. The lowest BCUT2D eigenvalue weighted by Gasteiger charge is -2.16. The van der Waals surface area contributed by atoms with Crippen LogP contribution in [0.3, 0.4) is 0 Å². The van der Waals surface area contributed by atoms with Crippen molar-refractivity contribution in [2.45, 2.75) is 19.9 Å². The molecule has 9 nitrogen and oxygen atoms in total. The summed E-state index contributed by atoms with van der Waals surface area (Å²) in [5.41, 5.74) is 2.72. The van der Waals surface area contributed by atoms with Crippen molar-refractivity contribution in [2.24, 2.45) is 0 Å². The zero-order chi connectivity index (χ0) is 23.3. The van der Waals surface area contributed by atoms with Gasteiger partial charge in [-0.25, -0.2) is 8.42 Å². The Hall–Kier alpha value is -3.27. The highest BCUT2D eigenvalue weighted by atomic mass is 32.2. The van der Waals surface area contributed by atoms with Gasteiger partial charge in [0.1, 0.15) is 0 Å². The standard InChI is InChI=1S/C22H27N3O6S/c1-4-23-21(26)14-31-19-8-5-15(11-20(19)30-2)13-24-22(27)17-6-7-18-16(12-17)9-10-25(18)32(3,28)29/h5-8,11-12H,4,9-10,13-14H2,1-3H3,(H,23,26)(H,24,27). The molecule has 0 unspecified atom stereocenters. The Morgan fingerprint density at radius 1 is 1.09 bits per heavy atom. The summed E-state index contributed by atoms with van der Waals surface area (Å²) in [4.78, 5) is 24.2. The number of hydrogen-bond acceptors (Lipinski definition) is 6. The zero-order valence-corrected chi connectivity index (χ0v) is 19.1. The highest BCUT2D eigenvalue weighted by molar-refractivity contribution is 7.92. The summed E-state index contributed by atoms with van der Waals surface area (Å²) in [6.45, 7) is 2.88. The van der Waals surface area contributed by atoms with Gasteiger partial charge in [0.05, 0.1) is 19.1 Å². The van der Waals surface area contributed by atoms with Crippen LogP contribution in [-0.2, 0) is 27.8 Å². The van der Waals surface area contributed by atoms with E-state index < -0.39 is 10.0 Å². The minimum absolute atomic E-state index is 0.116. The van der Waals surface area contributed by atoms with Crippen molar-refractivity contribution >= 4 is 27.5 Å². The van der Waals surface area contributed by atoms with Crippen molar-refractivity contribution in [3.8, 4) is 11.5 Å². The van der Waals surface area contributed by atoms with Gasteiger partial charge in [-0.05, 0) is 54.8 Å². The summed E-state index contributed by atoms with van der Waals surface area (Å²) in [7, 11) is -1.83. The number of anilines is 1. The Morgan fingerprint density at radius 3 is 2.56 bits per heavy atom. The Labute approximate surface area is 187 Å². The fraction of sp³-hybridized carbons (Fsp3) is 0.364. The Bertz CT molecular complexity index is 1120. The highest BCUT2D eigenvalue weighted by Gasteiger charge is 2.26. The lowest BCUT2D eigenvalue weighted by molar-refractivity contribution is -0.123. The molecule has 0 saturated carbocycles. The molecule has 1 aliphatic rings. The van der Waals surface area contributed by atoms with Crippen molar-refractivity contribution in [1.82, 2.24) is 10.6 Å². The summed E-state index contributed by atoms with van der Waals surface area (Å²) < 4.78 is 35.9. The first-order chi connectivity index (χ1) is 15.2. The van der Waals surface area contributed by atoms with E-state index in [1.807, 2.05) is 6.92 Å². The van der Waals surface area contributed by atoms with Crippen molar-refractivity contribution < 1.29 is 27.5 Å². The fourth-order valence-electron chi connectivity index (χ4n) is 3.47. The number of carbonyl (C=O) groups is 2. The number of ether oxygens (including phenoxy) is 2. The normalized spacial score (nSPS) is 12.8. The topological polar surface area (TPSA) is 114 Å². The van der Waals surface area contributed by atoms with E-state index in [9.17, 15) is 18.0 Å². The van der Waals surface area contributed by atoms with Crippen molar-refractivity contribution in [1.29, 1.82) is 0 Å². The molecule has 0 saturated heterocycles. The van der Waals surface area contributed by atoms with Gasteiger partial charge in [-0.3, -0.25) is 13.9 Å².